The second kappa shape index (κ2) is 7.44. The summed E-state index contributed by atoms with van der Waals surface area (Å²) in [5.74, 6) is -0.169. The van der Waals surface area contributed by atoms with E-state index >= 15 is 0 Å². The molecule has 11 nitrogen and oxygen atoms in total. The first-order valence-electron chi connectivity index (χ1n) is 8.86. The number of aromatic nitrogens is 4. The lowest BCUT2D eigenvalue weighted by Crippen LogP contribution is -2.33. The van der Waals surface area contributed by atoms with E-state index in [4.69, 9.17) is 10.5 Å². The molecule has 0 bridgehead atoms. The number of likely N-dealkylation sites (tertiary alicyclic amines) is 1. The van der Waals surface area contributed by atoms with Crippen molar-refractivity contribution in [1.82, 2.24) is 24.4 Å². The average Bonchev–Trinajstić information content (AvgIpc) is 3.32. The van der Waals surface area contributed by atoms with Gasteiger partial charge in [0, 0.05) is 17.5 Å². The van der Waals surface area contributed by atoms with Crippen molar-refractivity contribution in [2.45, 2.75) is 42.3 Å². The number of hydrogen-bond acceptors (Lipinski definition) is 10. The predicted molar refractivity (Wildman–Crippen MR) is 101 cm³/mol. The Morgan fingerprint density at radius 3 is 2.86 bits per heavy atom. The molecule has 2 aliphatic rings. The number of aliphatic carboxylic acids is 1. The van der Waals surface area contributed by atoms with Crippen molar-refractivity contribution in [3.63, 3.8) is 0 Å². The molecule has 0 saturated carbocycles. The maximum atomic E-state index is 11.2. The Bertz CT molecular complexity index is 880. The molecule has 152 valence electrons. The van der Waals surface area contributed by atoms with Gasteiger partial charge in [0.1, 0.15) is 30.1 Å². The Kier molecular flexibility index (Phi) is 5.14. The number of carboxylic acid groups (broad SMARTS) is 1. The summed E-state index contributed by atoms with van der Waals surface area (Å²) in [7, 11) is 1.79. The van der Waals surface area contributed by atoms with Crippen molar-refractivity contribution in [2.75, 3.05) is 25.1 Å². The summed E-state index contributed by atoms with van der Waals surface area (Å²) in [5, 5.41) is 30.3. The molecule has 0 unspecified atom stereocenters. The fourth-order valence-corrected chi connectivity index (χ4v) is 5.14. The van der Waals surface area contributed by atoms with E-state index in [1.165, 1.54) is 17.2 Å². The van der Waals surface area contributed by atoms with E-state index in [1.807, 2.05) is 4.90 Å². The molecule has 0 spiro atoms. The highest BCUT2D eigenvalue weighted by atomic mass is 32.2. The van der Waals surface area contributed by atoms with Crippen LogP contribution in [0, 0.1) is 0 Å². The minimum atomic E-state index is -1.16. The van der Waals surface area contributed by atoms with Crippen LogP contribution in [-0.2, 0) is 9.53 Å². The summed E-state index contributed by atoms with van der Waals surface area (Å²) in [5.41, 5.74) is 6.61. The number of rotatable bonds is 5. The second-order valence-corrected chi connectivity index (χ2v) is 8.45. The molecule has 0 aromatic carbocycles. The Labute approximate surface area is 164 Å². The molecule has 0 amide bonds. The number of likely N-dealkylation sites (N-methyl/N-ethyl adjacent to an activating group) is 1. The quantitative estimate of drug-likeness (QED) is 0.474. The van der Waals surface area contributed by atoms with Gasteiger partial charge in [-0.1, -0.05) is 0 Å². The van der Waals surface area contributed by atoms with Crippen LogP contribution in [0.15, 0.2) is 12.7 Å². The van der Waals surface area contributed by atoms with Gasteiger partial charge in [0.15, 0.2) is 17.7 Å². The van der Waals surface area contributed by atoms with Crippen molar-refractivity contribution < 1.29 is 24.9 Å². The van der Waals surface area contributed by atoms with Crippen molar-refractivity contribution >= 4 is 34.7 Å². The maximum absolute atomic E-state index is 11.2. The van der Waals surface area contributed by atoms with Crippen LogP contribution in [0.25, 0.3) is 11.2 Å². The molecule has 2 aromatic heterocycles. The van der Waals surface area contributed by atoms with E-state index in [1.54, 1.807) is 18.8 Å². The zero-order valence-corrected chi connectivity index (χ0v) is 15.9. The third-order valence-electron chi connectivity index (χ3n) is 5.29. The summed E-state index contributed by atoms with van der Waals surface area (Å²) in [6, 6.07) is -0.493. The molecular weight excluding hydrogens is 388 g/mol. The number of nitrogen functional groups attached to an aromatic ring is 1. The smallest absolute Gasteiger partial charge is 0.320 e. The van der Waals surface area contributed by atoms with Crippen molar-refractivity contribution in [3.8, 4) is 0 Å². The van der Waals surface area contributed by atoms with Crippen LogP contribution >= 0.6 is 11.8 Å². The van der Waals surface area contributed by atoms with Gasteiger partial charge >= 0.3 is 5.97 Å². The van der Waals surface area contributed by atoms with Gasteiger partial charge in [0.05, 0.1) is 12.4 Å². The van der Waals surface area contributed by atoms with Crippen LogP contribution in [0.4, 0.5) is 5.82 Å². The lowest BCUT2D eigenvalue weighted by Gasteiger charge is -2.17. The van der Waals surface area contributed by atoms with Crippen molar-refractivity contribution in [3.05, 3.63) is 12.7 Å². The fraction of sp³-hybridized carbons (Fsp3) is 0.625. The second-order valence-electron chi connectivity index (χ2n) is 7.11. The highest BCUT2D eigenvalue weighted by molar-refractivity contribution is 8.00. The van der Waals surface area contributed by atoms with Gasteiger partial charge in [-0.15, -0.1) is 0 Å². The Morgan fingerprint density at radius 1 is 1.36 bits per heavy atom. The minimum Gasteiger partial charge on any atom is -0.480 e. The molecule has 2 aromatic rings. The number of carboxylic acids is 1. The number of imidazole rings is 1. The normalized spacial score (nSPS) is 33.7. The minimum absolute atomic E-state index is 0.125. The number of fused-ring (bicyclic) bond motifs is 1. The number of aliphatic hydroxyl groups is 2. The molecule has 12 heteroatoms. The standard InChI is InChI=1S/C16H22N6O5S/c1-21-3-7(2-8(21)16(25)26)28-4-9-11(23)12(24)15(27-9)22-6-20-10-13(17)18-5-19-14(10)22/h5-9,11-12,15,23-24H,2-4H2,1H3,(H,25,26)(H2,17,18,19)/t7-,8-,9+,11-,12+,15+/m0/s1. The summed E-state index contributed by atoms with van der Waals surface area (Å²) in [6.07, 6.45) is -0.395. The SMILES string of the molecule is CN1C[C@@H](SC[C@H]2O[C@@H](n3cnc4c(N)ncnc43)[C@H](O)[C@H]2O)C[C@H]1C(=O)O. The van der Waals surface area contributed by atoms with E-state index < -0.39 is 36.6 Å². The lowest BCUT2D eigenvalue weighted by atomic mass is 10.1. The number of nitrogens with two attached hydrogens (primary N) is 1. The molecule has 0 aliphatic carbocycles. The van der Waals surface area contributed by atoms with Gasteiger partial charge in [-0.05, 0) is 13.5 Å². The highest BCUT2D eigenvalue weighted by Gasteiger charge is 2.45. The summed E-state index contributed by atoms with van der Waals surface area (Å²) < 4.78 is 7.45. The van der Waals surface area contributed by atoms with E-state index in [-0.39, 0.29) is 11.1 Å². The number of anilines is 1. The van der Waals surface area contributed by atoms with Gasteiger partial charge in [-0.25, -0.2) is 15.0 Å². The first kappa shape index (κ1) is 19.3. The Hall–Kier alpha value is -1.99. The number of nitrogens with zero attached hydrogens (tertiary/aromatic N) is 5. The summed E-state index contributed by atoms with van der Waals surface area (Å²) in [6.45, 7) is 0.652. The molecule has 2 fully saturated rings. The monoisotopic (exact) mass is 410 g/mol. The highest BCUT2D eigenvalue weighted by Crippen LogP contribution is 2.35. The summed E-state index contributed by atoms with van der Waals surface area (Å²) in [4.78, 5) is 25.2. The van der Waals surface area contributed by atoms with Gasteiger partial charge in [-0.2, -0.15) is 11.8 Å². The van der Waals surface area contributed by atoms with E-state index in [0.29, 0.717) is 29.9 Å². The largest absolute Gasteiger partial charge is 0.480 e. The number of carbonyl (C=O) groups is 1. The van der Waals surface area contributed by atoms with Crippen molar-refractivity contribution in [1.29, 1.82) is 0 Å². The van der Waals surface area contributed by atoms with Gasteiger partial charge in [0.25, 0.3) is 0 Å². The molecule has 5 N–H and O–H groups in total. The molecule has 2 aliphatic heterocycles. The average molecular weight is 410 g/mol. The number of thioether (sulfide) groups is 1. The zero-order valence-electron chi connectivity index (χ0n) is 15.1. The van der Waals surface area contributed by atoms with Crippen molar-refractivity contribution in [2.24, 2.45) is 0 Å². The molecule has 6 atom stereocenters. The van der Waals surface area contributed by atoms with Crippen LogP contribution < -0.4 is 5.73 Å². The van der Waals surface area contributed by atoms with Crippen LogP contribution in [0.3, 0.4) is 0 Å². The predicted octanol–water partition coefficient (Wildman–Crippen LogP) is -1.08. The van der Waals surface area contributed by atoms with Crippen LogP contribution in [-0.4, -0.2) is 94.7 Å². The zero-order chi connectivity index (χ0) is 20.0. The Morgan fingerprint density at radius 2 is 2.14 bits per heavy atom. The molecule has 0 radical (unpaired) electrons. The van der Waals surface area contributed by atoms with Gasteiger partial charge < -0.3 is 25.8 Å². The van der Waals surface area contributed by atoms with Crippen LogP contribution in [0.5, 0.6) is 0 Å². The molecule has 4 heterocycles. The molecule has 4 rings (SSSR count). The number of ether oxygens (including phenoxy) is 1. The number of aliphatic hydroxyl groups excluding tert-OH is 2. The molecule has 2 saturated heterocycles. The molecular formula is C16H22N6O5S. The number of hydrogen-bond donors (Lipinski definition) is 4. The van der Waals surface area contributed by atoms with E-state index in [0.717, 1.165) is 0 Å². The van der Waals surface area contributed by atoms with Gasteiger partial charge in [0.2, 0.25) is 0 Å². The van der Waals surface area contributed by atoms with Crippen LogP contribution in [0.2, 0.25) is 0 Å². The third-order valence-corrected chi connectivity index (χ3v) is 6.62. The van der Waals surface area contributed by atoms with E-state index in [9.17, 15) is 20.1 Å². The Balaban J connectivity index is 1.43. The van der Waals surface area contributed by atoms with Crippen LogP contribution in [0.1, 0.15) is 12.6 Å². The van der Waals surface area contributed by atoms with Gasteiger partial charge in [-0.3, -0.25) is 14.3 Å². The first-order chi connectivity index (χ1) is 13.4. The fourth-order valence-electron chi connectivity index (χ4n) is 3.75. The third kappa shape index (κ3) is 3.31. The maximum Gasteiger partial charge on any atom is 0.320 e. The van der Waals surface area contributed by atoms with E-state index in [2.05, 4.69) is 15.0 Å². The first-order valence-corrected chi connectivity index (χ1v) is 9.91. The lowest BCUT2D eigenvalue weighted by molar-refractivity contribution is -0.141. The molecule has 28 heavy (non-hydrogen) atoms. The summed E-state index contributed by atoms with van der Waals surface area (Å²) >= 11 is 1.55. The topological polar surface area (TPSA) is 160 Å².